The number of sulfonamides is 1. The lowest BCUT2D eigenvalue weighted by molar-refractivity contribution is -0.112. The number of primary sulfonamides is 1. The predicted molar refractivity (Wildman–Crippen MR) is 114 cm³/mol. The highest BCUT2D eigenvalue weighted by Crippen LogP contribution is 2.37. The molecule has 0 aliphatic carbocycles. The number of halogens is 1. The molecule has 8 nitrogen and oxygen atoms in total. The smallest absolute Gasteiger partial charge is 0.338 e. The number of ether oxygens (including phenoxy) is 4. The molecular formula is C23H20FNO7S. The van der Waals surface area contributed by atoms with Crippen LogP contribution < -0.4 is 14.6 Å². The molecule has 1 atom stereocenters. The highest BCUT2D eigenvalue weighted by Gasteiger charge is 2.26. The molecule has 0 saturated carbocycles. The molecule has 10 heteroatoms. The molecule has 1 aliphatic rings. The van der Waals surface area contributed by atoms with Crippen molar-refractivity contribution in [1.29, 1.82) is 0 Å². The van der Waals surface area contributed by atoms with Crippen LogP contribution >= 0.6 is 0 Å². The number of esters is 1. The fourth-order valence-electron chi connectivity index (χ4n) is 3.41. The zero-order valence-electron chi connectivity index (χ0n) is 17.5. The molecule has 1 aliphatic heterocycles. The SMILES string of the molecule is COc1ccc(C(=O)OCc2cc(F)cc3c2OC(c2ccccc2)OC3)cc1S(N)(=O)=O. The van der Waals surface area contributed by atoms with E-state index in [4.69, 9.17) is 24.1 Å². The van der Waals surface area contributed by atoms with Gasteiger partial charge in [-0.3, -0.25) is 0 Å². The van der Waals surface area contributed by atoms with Gasteiger partial charge in [-0.25, -0.2) is 22.7 Å². The second kappa shape index (κ2) is 9.18. The molecule has 0 saturated heterocycles. The Morgan fingerprint density at radius 2 is 1.91 bits per heavy atom. The van der Waals surface area contributed by atoms with Gasteiger partial charge in [-0.05, 0) is 30.3 Å². The van der Waals surface area contributed by atoms with Crippen LogP contribution in [0.2, 0.25) is 0 Å². The number of fused-ring (bicyclic) bond motifs is 1. The van der Waals surface area contributed by atoms with E-state index >= 15 is 0 Å². The second-order valence-corrected chi connectivity index (χ2v) is 8.74. The first kappa shape index (κ1) is 22.7. The zero-order chi connectivity index (χ0) is 23.6. The van der Waals surface area contributed by atoms with E-state index in [1.54, 1.807) is 0 Å². The largest absolute Gasteiger partial charge is 0.495 e. The molecule has 0 amide bonds. The number of benzene rings is 3. The van der Waals surface area contributed by atoms with Gasteiger partial charge in [0.15, 0.2) is 0 Å². The molecule has 3 aromatic carbocycles. The highest BCUT2D eigenvalue weighted by atomic mass is 32.2. The third kappa shape index (κ3) is 4.98. The number of carbonyl (C=O) groups is 1. The summed E-state index contributed by atoms with van der Waals surface area (Å²) in [5.74, 6) is -1.00. The summed E-state index contributed by atoms with van der Waals surface area (Å²) in [6, 6.07) is 15.4. The number of nitrogens with two attached hydrogens (primary N) is 1. The van der Waals surface area contributed by atoms with E-state index in [-0.39, 0.29) is 29.4 Å². The standard InChI is InChI=1S/C23H20FNO7S/c1-29-19-8-7-15(11-20(19)33(25,27)28)22(26)30-12-16-9-18(24)10-17-13-31-23(32-21(16)17)14-5-3-2-4-6-14/h2-11,23H,12-13H2,1H3,(H2,25,27,28). The third-order valence-electron chi connectivity index (χ3n) is 4.96. The lowest BCUT2D eigenvalue weighted by Crippen LogP contribution is -2.20. The molecule has 0 radical (unpaired) electrons. The summed E-state index contributed by atoms with van der Waals surface area (Å²) in [4.78, 5) is 12.2. The third-order valence-corrected chi connectivity index (χ3v) is 5.89. The fraction of sp³-hybridized carbons (Fsp3) is 0.174. The Morgan fingerprint density at radius 1 is 1.15 bits per heavy atom. The fourth-order valence-corrected chi connectivity index (χ4v) is 4.13. The van der Waals surface area contributed by atoms with Gasteiger partial charge in [0.25, 0.3) is 0 Å². The second-order valence-electron chi connectivity index (χ2n) is 7.21. The van der Waals surface area contributed by atoms with Crippen molar-refractivity contribution >= 4 is 16.0 Å². The molecule has 4 rings (SSSR count). The van der Waals surface area contributed by atoms with E-state index < -0.39 is 28.1 Å². The van der Waals surface area contributed by atoms with Crippen molar-refractivity contribution in [2.24, 2.45) is 5.14 Å². The average Bonchev–Trinajstić information content (AvgIpc) is 2.81. The minimum Gasteiger partial charge on any atom is -0.495 e. The summed E-state index contributed by atoms with van der Waals surface area (Å²) in [5, 5.41) is 5.19. The van der Waals surface area contributed by atoms with E-state index in [0.29, 0.717) is 16.9 Å². The van der Waals surface area contributed by atoms with Gasteiger partial charge in [-0.1, -0.05) is 30.3 Å². The van der Waals surface area contributed by atoms with E-state index in [0.717, 1.165) is 11.6 Å². The Bertz CT molecular complexity index is 1300. The first-order valence-corrected chi connectivity index (χ1v) is 11.3. The molecule has 0 fully saturated rings. The van der Waals surface area contributed by atoms with Crippen molar-refractivity contribution in [2.45, 2.75) is 24.4 Å². The average molecular weight is 473 g/mol. The maximum atomic E-state index is 14.1. The van der Waals surface area contributed by atoms with Crippen molar-refractivity contribution in [3.05, 3.63) is 88.7 Å². The van der Waals surface area contributed by atoms with Crippen molar-refractivity contribution < 1.29 is 36.6 Å². The number of methoxy groups -OCH3 is 1. The van der Waals surface area contributed by atoms with Crippen LogP contribution in [-0.4, -0.2) is 21.5 Å². The highest BCUT2D eigenvalue weighted by molar-refractivity contribution is 7.89. The van der Waals surface area contributed by atoms with Crippen molar-refractivity contribution in [3.8, 4) is 11.5 Å². The maximum Gasteiger partial charge on any atom is 0.338 e. The zero-order valence-corrected chi connectivity index (χ0v) is 18.3. The summed E-state index contributed by atoms with van der Waals surface area (Å²) in [5.41, 5.74) is 1.51. The first-order chi connectivity index (χ1) is 15.8. The molecule has 0 aromatic heterocycles. The molecule has 2 N–H and O–H groups in total. The van der Waals surface area contributed by atoms with E-state index in [1.165, 1.54) is 31.4 Å². The molecular weight excluding hydrogens is 453 g/mol. The Hall–Kier alpha value is -3.47. The molecule has 1 heterocycles. The van der Waals surface area contributed by atoms with Crippen molar-refractivity contribution in [3.63, 3.8) is 0 Å². The summed E-state index contributed by atoms with van der Waals surface area (Å²) in [6.45, 7) is -0.193. The minimum atomic E-state index is -4.14. The van der Waals surface area contributed by atoms with E-state index in [2.05, 4.69) is 0 Å². The summed E-state index contributed by atoms with van der Waals surface area (Å²) in [6.07, 6.45) is -0.697. The molecule has 33 heavy (non-hydrogen) atoms. The van der Waals surface area contributed by atoms with Gasteiger partial charge in [-0.15, -0.1) is 0 Å². The quantitative estimate of drug-likeness (QED) is 0.546. The predicted octanol–water partition coefficient (Wildman–Crippen LogP) is 3.45. The summed E-state index contributed by atoms with van der Waals surface area (Å²) in [7, 11) is -2.86. The van der Waals surface area contributed by atoms with Gasteiger partial charge >= 0.3 is 5.97 Å². The van der Waals surface area contributed by atoms with Crippen LogP contribution in [0.25, 0.3) is 0 Å². The van der Waals surface area contributed by atoms with Gasteiger partial charge in [0.05, 0.1) is 19.3 Å². The Kier molecular flexibility index (Phi) is 6.32. The lowest BCUT2D eigenvalue weighted by Gasteiger charge is -2.28. The van der Waals surface area contributed by atoms with E-state index in [1.807, 2.05) is 30.3 Å². The Morgan fingerprint density at radius 3 is 2.61 bits per heavy atom. The van der Waals surface area contributed by atoms with Gasteiger partial charge in [0.1, 0.15) is 28.8 Å². The lowest BCUT2D eigenvalue weighted by atomic mass is 10.1. The maximum absolute atomic E-state index is 14.1. The Balaban J connectivity index is 1.56. The van der Waals surface area contributed by atoms with E-state index in [9.17, 15) is 17.6 Å². The van der Waals surface area contributed by atoms with Gasteiger partial charge < -0.3 is 18.9 Å². The van der Waals surface area contributed by atoms with Crippen LogP contribution in [0.1, 0.15) is 33.3 Å². The molecule has 0 bridgehead atoms. The number of carbonyl (C=O) groups excluding carboxylic acids is 1. The molecule has 3 aromatic rings. The minimum absolute atomic E-state index is 0.00592. The monoisotopic (exact) mass is 473 g/mol. The van der Waals surface area contributed by atoms with Crippen molar-refractivity contribution in [1.82, 2.24) is 0 Å². The summed E-state index contributed by atoms with van der Waals surface area (Å²) >= 11 is 0. The number of hydrogen-bond donors (Lipinski definition) is 1. The Labute approximate surface area is 189 Å². The first-order valence-electron chi connectivity index (χ1n) is 9.78. The van der Waals surface area contributed by atoms with Gasteiger partial charge in [0.2, 0.25) is 16.3 Å². The van der Waals surface area contributed by atoms with Crippen LogP contribution in [0.15, 0.2) is 65.6 Å². The van der Waals surface area contributed by atoms with Crippen LogP contribution in [-0.2, 0) is 32.7 Å². The molecule has 1 unspecified atom stereocenters. The normalized spacial score (nSPS) is 15.3. The van der Waals surface area contributed by atoms with Gasteiger partial charge in [0, 0.05) is 16.7 Å². The van der Waals surface area contributed by atoms with Crippen molar-refractivity contribution in [2.75, 3.05) is 7.11 Å². The number of rotatable bonds is 6. The van der Waals surface area contributed by atoms with Crippen LogP contribution in [0, 0.1) is 5.82 Å². The van der Waals surface area contributed by atoms with Gasteiger partial charge in [-0.2, -0.15) is 0 Å². The molecule has 172 valence electrons. The topological polar surface area (TPSA) is 114 Å². The van der Waals surface area contributed by atoms with Crippen LogP contribution in [0.3, 0.4) is 0 Å². The summed E-state index contributed by atoms with van der Waals surface area (Å²) < 4.78 is 59.6. The molecule has 0 spiro atoms. The van der Waals surface area contributed by atoms with Crippen LogP contribution in [0.5, 0.6) is 11.5 Å². The van der Waals surface area contributed by atoms with Crippen LogP contribution in [0.4, 0.5) is 4.39 Å². The number of hydrogen-bond acceptors (Lipinski definition) is 7.